The number of halogens is 1. The van der Waals surface area contributed by atoms with E-state index < -0.39 is 23.7 Å². The summed E-state index contributed by atoms with van der Waals surface area (Å²) in [6.07, 6.45) is 0.756. The normalized spacial score (nSPS) is 14.3. The number of rotatable bonds is 6. The van der Waals surface area contributed by atoms with Crippen LogP contribution in [0.3, 0.4) is 0 Å². The van der Waals surface area contributed by atoms with E-state index in [1.54, 1.807) is 36.6 Å². The molecule has 2 aromatic heterocycles. The number of esters is 2. The summed E-state index contributed by atoms with van der Waals surface area (Å²) in [6.45, 7) is 7.38. The van der Waals surface area contributed by atoms with Crippen LogP contribution in [0.2, 0.25) is 0 Å². The number of nitrogens with zero attached hydrogens (tertiary/aromatic N) is 2. The summed E-state index contributed by atoms with van der Waals surface area (Å²) >= 11 is 0. The second kappa shape index (κ2) is 10.0. The van der Waals surface area contributed by atoms with Gasteiger partial charge in [-0.25, -0.2) is 18.5 Å². The van der Waals surface area contributed by atoms with Crippen LogP contribution in [-0.4, -0.2) is 42.1 Å². The van der Waals surface area contributed by atoms with Crippen LogP contribution >= 0.6 is 0 Å². The molecule has 37 heavy (non-hydrogen) atoms. The monoisotopic (exact) mass is 505 g/mol. The molecule has 4 rings (SSSR count). The molecule has 0 spiro atoms. The first-order valence-corrected chi connectivity index (χ1v) is 11.8. The quantitative estimate of drug-likeness (QED) is 0.384. The lowest BCUT2D eigenvalue weighted by Gasteiger charge is -2.29. The second-order valence-corrected chi connectivity index (χ2v) is 9.13. The van der Waals surface area contributed by atoms with E-state index >= 15 is 0 Å². The van der Waals surface area contributed by atoms with Crippen molar-refractivity contribution in [2.75, 3.05) is 14.2 Å². The smallest absolute Gasteiger partial charge is 0.336 e. The molecule has 8 nitrogen and oxygen atoms in total. The molecule has 3 heterocycles. The molecular weight excluding hydrogens is 477 g/mol. The van der Waals surface area contributed by atoms with Gasteiger partial charge in [0.05, 0.1) is 42.5 Å². The fourth-order valence-electron chi connectivity index (χ4n) is 5.00. The molecular formula is C28H28FN3O5. The minimum Gasteiger partial charge on any atom is -0.466 e. The maximum absolute atomic E-state index is 13.7. The fourth-order valence-corrected chi connectivity index (χ4v) is 5.00. The number of aldehydes is 1. The third-order valence-corrected chi connectivity index (χ3v) is 6.59. The number of nitrogens with one attached hydrogen (secondary N) is 1. The molecule has 1 aliphatic heterocycles. The van der Waals surface area contributed by atoms with Gasteiger partial charge in [-0.05, 0) is 61.7 Å². The molecule has 1 aromatic carbocycles. The Morgan fingerprint density at radius 2 is 1.57 bits per heavy atom. The molecule has 0 amide bonds. The van der Waals surface area contributed by atoms with Crippen molar-refractivity contribution in [2.45, 2.75) is 39.5 Å². The number of aromatic nitrogens is 2. The van der Waals surface area contributed by atoms with Gasteiger partial charge in [0.15, 0.2) is 6.29 Å². The highest BCUT2D eigenvalue weighted by molar-refractivity contribution is 6.00. The van der Waals surface area contributed by atoms with E-state index in [4.69, 9.17) is 14.6 Å². The van der Waals surface area contributed by atoms with Crippen molar-refractivity contribution < 1.29 is 28.2 Å². The number of hydrogen-bond donors (Lipinski definition) is 1. The number of benzene rings is 1. The van der Waals surface area contributed by atoms with Gasteiger partial charge < -0.3 is 14.8 Å². The first-order chi connectivity index (χ1) is 17.6. The van der Waals surface area contributed by atoms with Crippen molar-refractivity contribution in [2.24, 2.45) is 0 Å². The highest BCUT2D eigenvalue weighted by Gasteiger charge is 2.39. The van der Waals surface area contributed by atoms with Crippen LogP contribution in [0.1, 0.15) is 61.1 Å². The largest absolute Gasteiger partial charge is 0.466 e. The van der Waals surface area contributed by atoms with E-state index in [1.165, 1.54) is 26.4 Å². The van der Waals surface area contributed by atoms with Gasteiger partial charge in [0.1, 0.15) is 11.5 Å². The molecule has 0 atom stereocenters. The van der Waals surface area contributed by atoms with E-state index in [1.807, 2.05) is 19.9 Å². The molecule has 192 valence electrons. The third kappa shape index (κ3) is 4.30. The van der Waals surface area contributed by atoms with Gasteiger partial charge in [-0.1, -0.05) is 13.8 Å². The molecule has 0 unspecified atom stereocenters. The van der Waals surface area contributed by atoms with E-state index in [-0.39, 0.29) is 17.1 Å². The molecule has 0 aliphatic carbocycles. The van der Waals surface area contributed by atoms with E-state index in [0.717, 1.165) is 11.8 Å². The number of dihydropyridines is 1. The summed E-state index contributed by atoms with van der Waals surface area (Å²) in [5.74, 6) is -2.56. The summed E-state index contributed by atoms with van der Waals surface area (Å²) in [5, 5.41) is 7.89. The van der Waals surface area contributed by atoms with E-state index in [2.05, 4.69) is 5.32 Å². The van der Waals surface area contributed by atoms with Crippen LogP contribution < -0.4 is 5.32 Å². The lowest BCUT2D eigenvalue weighted by molar-refractivity contribution is -0.137. The highest BCUT2D eigenvalue weighted by atomic mass is 19.1. The van der Waals surface area contributed by atoms with Gasteiger partial charge in [0.2, 0.25) is 0 Å². The van der Waals surface area contributed by atoms with E-state index in [9.17, 15) is 18.8 Å². The Labute approximate surface area is 213 Å². The lowest BCUT2D eigenvalue weighted by atomic mass is 9.83. The van der Waals surface area contributed by atoms with Crippen LogP contribution in [0.15, 0.2) is 58.9 Å². The Balaban J connectivity index is 2.11. The van der Waals surface area contributed by atoms with Crippen LogP contribution in [0.4, 0.5) is 4.39 Å². The molecule has 1 aliphatic rings. The summed E-state index contributed by atoms with van der Waals surface area (Å²) in [4.78, 5) is 38.3. The molecule has 0 fully saturated rings. The predicted octanol–water partition coefficient (Wildman–Crippen LogP) is 4.66. The number of allylic oxidation sites excluding steroid dienone is 2. The third-order valence-electron chi connectivity index (χ3n) is 6.59. The van der Waals surface area contributed by atoms with Crippen LogP contribution in [0.25, 0.3) is 16.8 Å². The van der Waals surface area contributed by atoms with Crippen molar-refractivity contribution in [1.82, 2.24) is 14.9 Å². The van der Waals surface area contributed by atoms with Crippen molar-refractivity contribution in [3.05, 3.63) is 81.6 Å². The number of methoxy groups -OCH3 is 2. The van der Waals surface area contributed by atoms with Gasteiger partial charge in [0, 0.05) is 22.5 Å². The Morgan fingerprint density at radius 1 is 1.00 bits per heavy atom. The zero-order valence-electron chi connectivity index (χ0n) is 21.5. The summed E-state index contributed by atoms with van der Waals surface area (Å²) in [7, 11) is 2.55. The zero-order valence-corrected chi connectivity index (χ0v) is 21.5. The number of carbonyl (C=O) groups is 3. The standard InChI is InChI=1S/C28H28FN3O5/c1-14(2)22-19(13-33)26(17-7-9-18(29)10-8-17)31-32-20(22)11-12-21(32)25-23(27(34)36-5)15(3)30-16(4)24(25)28(35)37-6/h7-14,25,30H,1-6H3. The Morgan fingerprint density at radius 3 is 2.05 bits per heavy atom. The van der Waals surface area contributed by atoms with Gasteiger partial charge in [-0.15, -0.1) is 0 Å². The fraction of sp³-hybridized carbons (Fsp3) is 0.286. The molecule has 0 saturated heterocycles. The summed E-state index contributed by atoms with van der Waals surface area (Å²) in [6, 6.07) is 9.31. The first kappa shape index (κ1) is 25.8. The molecule has 9 heteroatoms. The minimum atomic E-state index is -0.862. The average Bonchev–Trinajstić information content (AvgIpc) is 3.29. The van der Waals surface area contributed by atoms with Crippen molar-refractivity contribution in [3.63, 3.8) is 0 Å². The second-order valence-electron chi connectivity index (χ2n) is 9.13. The van der Waals surface area contributed by atoms with Gasteiger partial charge in [-0.2, -0.15) is 5.10 Å². The molecule has 0 bridgehead atoms. The average molecular weight is 506 g/mol. The van der Waals surface area contributed by atoms with Gasteiger partial charge >= 0.3 is 11.9 Å². The predicted molar refractivity (Wildman–Crippen MR) is 135 cm³/mol. The first-order valence-electron chi connectivity index (χ1n) is 11.8. The van der Waals surface area contributed by atoms with E-state index in [0.29, 0.717) is 39.4 Å². The topological polar surface area (TPSA) is 99.0 Å². The maximum atomic E-state index is 13.7. The summed E-state index contributed by atoms with van der Waals surface area (Å²) in [5.41, 5.74) is 4.75. The molecule has 3 aromatic rings. The molecule has 0 radical (unpaired) electrons. The van der Waals surface area contributed by atoms with Gasteiger partial charge in [0.25, 0.3) is 0 Å². The summed E-state index contributed by atoms with van der Waals surface area (Å²) < 4.78 is 25.5. The Hall–Kier alpha value is -4.27. The number of carbonyl (C=O) groups excluding carboxylic acids is 3. The Kier molecular flexibility index (Phi) is 6.98. The number of ether oxygens (including phenoxy) is 2. The van der Waals surface area contributed by atoms with Crippen molar-refractivity contribution >= 4 is 23.7 Å². The molecule has 0 saturated carbocycles. The highest BCUT2D eigenvalue weighted by Crippen LogP contribution is 2.41. The minimum absolute atomic E-state index is 0.0737. The van der Waals surface area contributed by atoms with Gasteiger partial charge in [-0.3, -0.25) is 4.79 Å². The Bertz CT molecular complexity index is 1440. The van der Waals surface area contributed by atoms with Crippen LogP contribution in [-0.2, 0) is 19.1 Å². The van der Waals surface area contributed by atoms with Crippen molar-refractivity contribution in [3.8, 4) is 11.3 Å². The molecule has 1 N–H and O–H groups in total. The SMILES string of the molecule is COC(=O)C1=C(C)NC(C)=C(C(=O)OC)C1c1ccc2c(C(C)C)c(C=O)c(-c3ccc(F)cc3)nn12. The zero-order chi connectivity index (χ0) is 27.0. The lowest BCUT2D eigenvalue weighted by Crippen LogP contribution is -2.32. The number of fused-ring (bicyclic) bond motifs is 1. The van der Waals surface area contributed by atoms with Crippen LogP contribution in [0, 0.1) is 5.82 Å². The van der Waals surface area contributed by atoms with Crippen LogP contribution in [0.5, 0.6) is 0 Å². The maximum Gasteiger partial charge on any atom is 0.336 e. The number of hydrogen-bond acceptors (Lipinski definition) is 7. The van der Waals surface area contributed by atoms with Crippen molar-refractivity contribution in [1.29, 1.82) is 0 Å².